The number of aromatic carboxylic acids is 1. The summed E-state index contributed by atoms with van der Waals surface area (Å²) < 4.78 is 7.04. The van der Waals surface area contributed by atoms with Crippen molar-refractivity contribution in [3.63, 3.8) is 0 Å². The summed E-state index contributed by atoms with van der Waals surface area (Å²) >= 11 is 4.32. The van der Waals surface area contributed by atoms with Crippen molar-refractivity contribution in [1.29, 1.82) is 0 Å². The first kappa shape index (κ1) is 22.1. The fourth-order valence-corrected chi connectivity index (χ4v) is 4.27. The molecule has 1 amide bonds. The van der Waals surface area contributed by atoms with Gasteiger partial charge in [-0.2, -0.15) is 0 Å². The van der Waals surface area contributed by atoms with Gasteiger partial charge in [0.05, 0.1) is 5.56 Å². The highest BCUT2D eigenvalue weighted by atomic mass is 127. The molecular weight excluding hydrogens is 550 g/mol. The Morgan fingerprint density at radius 3 is 2.28 bits per heavy atom. The third kappa shape index (κ3) is 8.34. The van der Waals surface area contributed by atoms with Crippen LogP contribution in [0.2, 0.25) is 0 Å². The maximum atomic E-state index is 11.6. The molecule has 0 atom stereocenters. The van der Waals surface area contributed by atoms with Crippen LogP contribution in [0.5, 0.6) is 0 Å². The molecule has 0 heterocycles. The molecule has 138 valence electrons. The van der Waals surface area contributed by atoms with E-state index in [4.69, 9.17) is 9.84 Å². The Labute approximate surface area is 175 Å². The largest absolute Gasteiger partial charge is 0.478 e. The molecular formula is C17H22I2N2O4. The first-order chi connectivity index (χ1) is 11.5. The lowest BCUT2D eigenvalue weighted by molar-refractivity contribution is 0.0562. The van der Waals surface area contributed by atoms with Crippen LogP contribution < -0.4 is 5.32 Å². The van der Waals surface area contributed by atoms with Crippen molar-refractivity contribution in [1.82, 2.24) is 5.32 Å². The first-order valence-corrected chi connectivity index (χ1v) is 9.87. The van der Waals surface area contributed by atoms with Gasteiger partial charge in [0.25, 0.3) is 0 Å². The van der Waals surface area contributed by atoms with Gasteiger partial charge in [-0.15, -0.1) is 0 Å². The molecule has 25 heavy (non-hydrogen) atoms. The molecule has 0 saturated heterocycles. The van der Waals surface area contributed by atoms with Gasteiger partial charge in [-0.25, -0.2) is 9.59 Å². The van der Waals surface area contributed by atoms with E-state index in [-0.39, 0.29) is 0 Å². The van der Waals surface area contributed by atoms with Gasteiger partial charge in [-0.05, 0) is 103 Å². The number of carbonyl (C=O) groups is 2. The quantitative estimate of drug-likeness (QED) is 0.236. The van der Waals surface area contributed by atoms with Crippen molar-refractivity contribution in [2.75, 3.05) is 6.54 Å². The van der Waals surface area contributed by atoms with Crippen LogP contribution in [0.4, 0.5) is 4.79 Å². The van der Waals surface area contributed by atoms with Crippen LogP contribution in [-0.2, 0) is 11.2 Å². The number of alkyl carbamates (subject to hydrolysis) is 1. The van der Waals surface area contributed by atoms with E-state index >= 15 is 0 Å². The molecule has 1 aromatic carbocycles. The van der Waals surface area contributed by atoms with Crippen molar-refractivity contribution < 1.29 is 19.4 Å². The number of rotatable bonds is 5. The monoisotopic (exact) mass is 572 g/mol. The minimum absolute atomic E-state index is 0.299. The highest BCUT2D eigenvalue weighted by Gasteiger charge is 2.16. The van der Waals surface area contributed by atoms with E-state index in [1.165, 1.54) is 0 Å². The zero-order chi connectivity index (χ0) is 19.2. The molecule has 0 aliphatic rings. The van der Waals surface area contributed by atoms with E-state index in [0.717, 1.165) is 25.5 Å². The van der Waals surface area contributed by atoms with Gasteiger partial charge in [-0.3, -0.25) is 10.3 Å². The summed E-state index contributed by atoms with van der Waals surface area (Å²) in [5.74, 6) is -0.407. The number of carboxylic acid groups (broad SMARTS) is 1. The van der Waals surface area contributed by atoms with Crippen molar-refractivity contribution in [3.05, 3.63) is 30.4 Å². The average molecular weight is 572 g/mol. The van der Waals surface area contributed by atoms with E-state index in [1.54, 1.807) is 39.8 Å². The number of amidine groups is 1. The normalized spacial score (nSPS) is 12.0. The molecule has 0 aromatic heterocycles. The zero-order valence-electron chi connectivity index (χ0n) is 14.7. The molecule has 0 saturated carbocycles. The minimum Gasteiger partial charge on any atom is -0.478 e. The van der Waals surface area contributed by atoms with Crippen LogP contribution in [-0.4, -0.2) is 35.2 Å². The number of nitrogens with one attached hydrogen (secondary N) is 1. The molecule has 0 fully saturated rings. The maximum Gasteiger partial charge on any atom is 0.413 e. The number of halogens is 2. The van der Waals surface area contributed by atoms with Gasteiger partial charge in [0.15, 0.2) is 0 Å². The molecule has 1 aromatic rings. The number of ether oxygens (including phenoxy) is 1. The van der Waals surface area contributed by atoms with Gasteiger partial charge in [-0.1, -0.05) is 0 Å². The van der Waals surface area contributed by atoms with Crippen molar-refractivity contribution in [2.45, 2.75) is 46.1 Å². The Bertz CT molecular complexity index is 659. The van der Waals surface area contributed by atoms with Gasteiger partial charge in [0, 0.05) is 13.7 Å². The third-order valence-corrected chi connectivity index (χ3v) is 4.93. The highest BCUT2D eigenvalue weighted by molar-refractivity contribution is 14.1. The first-order valence-electron chi connectivity index (χ1n) is 7.72. The van der Waals surface area contributed by atoms with Crippen LogP contribution in [0.1, 0.15) is 50.0 Å². The van der Waals surface area contributed by atoms with Gasteiger partial charge in [0.1, 0.15) is 11.4 Å². The molecule has 1 rings (SSSR count). The minimum atomic E-state index is -0.921. The van der Waals surface area contributed by atoms with Gasteiger partial charge in [0.2, 0.25) is 0 Å². The van der Waals surface area contributed by atoms with Crippen molar-refractivity contribution in [3.8, 4) is 0 Å². The molecule has 0 unspecified atom stereocenters. The third-order valence-electron chi connectivity index (χ3n) is 3.00. The predicted molar refractivity (Wildman–Crippen MR) is 115 cm³/mol. The SMILES string of the molecule is CC(=NCCCc1c(I)cc(C(=O)O)cc1I)NC(=O)OC(C)(C)C. The van der Waals surface area contributed by atoms with E-state index < -0.39 is 17.7 Å². The summed E-state index contributed by atoms with van der Waals surface area (Å²) in [4.78, 5) is 27.0. The fourth-order valence-electron chi connectivity index (χ4n) is 1.96. The lowest BCUT2D eigenvalue weighted by Gasteiger charge is -2.19. The Morgan fingerprint density at radius 1 is 1.24 bits per heavy atom. The Hall–Kier alpha value is -0.910. The van der Waals surface area contributed by atoms with Gasteiger partial charge < -0.3 is 9.84 Å². The lowest BCUT2D eigenvalue weighted by Crippen LogP contribution is -2.35. The van der Waals surface area contributed by atoms with Crippen molar-refractivity contribution >= 4 is 63.1 Å². The zero-order valence-corrected chi connectivity index (χ0v) is 19.0. The summed E-state index contributed by atoms with van der Waals surface area (Å²) in [5, 5.41) is 11.7. The lowest BCUT2D eigenvalue weighted by atomic mass is 10.1. The summed E-state index contributed by atoms with van der Waals surface area (Å²) in [6.45, 7) is 7.70. The molecule has 6 nitrogen and oxygen atoms in total. The van der Waals surface area contributed by atoms with Crippen LogP contribution >= 0.6 is 45.2 Å². The summed E-state index contributed by atoms with van der Waals surface area (Å²) in [5.41, 5.74) is 0.881. The van der Waals surface area contributed by atoms with Crippen LogP contribution in [0.25, 0.3) is 0 Å². The second kappa shape index (κ2) is 9.70. The van der Waals surface area contributed by atoms with Crippen molar-refractivity contribution in [2.24, 2.45) is 4.99 Å². The number of hydrogen-bond acceptors (Lipinski definition) is 4. The number of carboxylic acids is 1. The Kier molecular flexibility index (Phi) is 8.58. The van der Waals surface area contributed by atoms with Crippen LogP contribution in [0.15, 0.2) is 17.1 Å². The van der Waals surface area contributed by atoms with Gasteiger partial charge >= 0.3 is 12.1 Å². The molecule has 8 heteroatoms. The fraction of sp³-hybridized carbons (Fsp3) is 0.471. The second-order valence-electron chi connectivity index (χ2n) is 6.42. The molecule has 0 aliphatic heterocycles. The second-order valence-corrected chi connectivity index (χ2v) is 8.75. The number of amides is 1. The molecule has 0 bridgehead atoms. The average Bonchev–Trinajstić information content (AvgIpc) is 2.42. The van der Waals surface area contributed by atoms with Crippen LogP contribution in [0, 0.1) is 7.14 Å². The Morgan fingerprint density at radius 2 is 1.80 bits per heavy atom. The summed E-state index contributed by atoms with van der Waals surface area (Å²) in [6, 6.07) is 3.36. The number of aliphatic imine (C=N–C) groups is 1. The number of nitrogens with zero attached hydrogens (tertiary/aromatic N) is 1. The Balaban J connectivity index is 2.55. The van der Waals surface area contributed by atoms with E-state index in [0.29, 0.717) is 17.9 Å². The smallest absolute Gasteiger partial charge is 0.413 e. The van der Waals surface area contributed by atoms with E-state index in [9.17, 15) is 9.59 Å². The number of carbonyl (C=O) groups excluding carboxylic acids is 1. The molecule has 0 radical (unpaired) electrons. The van der Waals surface area contributed by atoms with E-state index in [2.05, 4.69) is 55.5 Å². The topological polar surface area (TPSA) is 88.0 Å². The van der Waals surface area contributed by atoms with E-state index in [1.807, 2.05) is 0 Å². The predicted octanol–water partition coefficient (Wildman–Crippen LogP) is 4.47. The standard InChI is InChI=1S/C17H22I2N2O4/c1-10(21-16(24)25-17(2,3)4)20-7-5-6-12-13(18)8-11(15(22)23)9-14(12)19/h8-9H,5-7H2,1-4H3,(H,22,23)(H,20,21,24). The number of benzene rings is 1. The highest BCUT2D eigenvalue weighted by Crippen LogP contribution is 2.23. The molecule has 0 spiro atoms. The summed E-state index contributed by atoms with van der Waals surface area (Å²) in [6.07, 6.45) is 1.08. The molecule has 0 aliphatic carbocycles. The van der Waals surface area contributed by atoms with Crippen LogP contribution in [0.3, 0.4) is 0 Å². The molecule has 2 N–H and O–H groups in total. The number of hydrogen-bond donors (Lipinski definition) is 2. The summed E-state index contributed by atoms with van der Waals surface area (Å²) in [7, 11) is 0. The maximum absolute atomic E-state index is 11.6.